The number of thioether (sulfide) groups is 1. The Morgan fingerprint density at radius 2 is 2.42 bits per heavy atom. The molecule has 1 saturated heterocycles. The van der Waals surface area contributed by atoms with Crippen LogP contribution in [0.3, 0.4) is 0 Å². The highest BCUT2D eigenvalue weighted by molar-refractivity contribution is 8.00. The summed E-state index contributed by atoms with van der Waals surface area (Å²) in [7, 11) is 0. The van der Waals surface area contributed by atoms with Gasteiger partial charge in [0.15, 0.2) is 0 Å². The van der Waals surface area contributed by atoms with Crippen molar-refractivity contribution in [1.82, 2.24) is 0 Å². The van der Waals surface area contributed by atoms with Gasteiger partial charge in [-0.2, -0.15) is 5.26 Å². The van der Waals surface area contributed by atoms with Gasteiger partial charge in [-0.1, -0.05) is 6.42 Å². The Morgan fingerprint density at radius 3 is 3.08 bits per heavy atom. The quantitative estimate of drug-likeness (QED) is 0.577. The molecular weight excluding hydrogens is 170 g/mol. The number of nitrogens with zero attached hydrogens (tertiary/aromatic N) is 1. The molecule has 0 unspecified atom stereocenters. The van der Waals surface area contributed by atoms with E-state index in [-0.39, 0.29) is 10.9 Å². The summed E-state index contributed by atoms with van der Waals surface area (Å²) in [4.78, 5) is -0.104. The first-order chi connectivity index (χ1) is 5.87. The second kappa shape index (κ2) is 3.27. The van der Waals surface area contributed by atoms with E-state index in [2.05, 4.69) is 6.07 Å². The summed E-state index contributed by atoms with van der Waals surface area (Å²) < 4.78 is 5.73. The topological polar surface area (TPSA) is 33.0 Å². The lowest BCUT2D eigenvalue weighted by molar-refractivity contribution is -0.000751. The third-order valence-corrected chi connectivity index (χ3v) is 4.20. The maximum Gasteiger partial charge on any atom is 0.129 e. The fourth-order valence-electron chi connectivity index (χ4n) is 2.09. The standard InChI is InChI=1S/C9H13NOS/c10-7-8-3-1-2-4-9(8)11-5-6-12-9/h8H,1-6H2/t8-,9-/m1/s1. The molecule has 1 heterocycles. The number of hydrogen-bond acceptors (Lipinski definition) is 3. The molecule has 2 aliphatic rings. The minimum absolute atomic E-state index is 0.104. The van der Waals surface area contributed by atoms with Crippen LogP contribution >= 0.6 is 11.8 Å². The molecule has 66 valence electrons. The Hall–Kier alpha value is -0.200. The Labute approximate surface area is 77.3 Å². The van der Waals surface area contributed by atoms with Crippen LogP contribution in [0.1, 0.15) is 25.7 Å². The minimum atomic E-state index is -0.104. The van der Waals surface area contributed by atoms with Crippen molar-refractivity contribution >= 4 is 11.8 Å². The SMILES string of the molecule is N#C[C@H]1CCCC[C@]12OCCS2. The number of rotatable bonds is 0. The molecule has 1 aliphatic heterocycles. The summed E-state index contributed by atoms with van der Waals surface area (Å²) in [6.45, 7) is 0.836. The van der Waals surface area contributed by atoms with E-state index >= 15 is 0 Å². The predicted molar refractivity (Wildman–Crippen MR) is 48.7 cm³/mol. The number of hydrogen-bond donors (Lipinski definition) is 0. The summed E-state index contributed by atoms with van der Waals surface area (Å²) in [5.41, 5.74) is 0. The van der Waals surface area contributed by atoms with Crippen LogP contribution in [0.2, 0.25) is 0 Å². The van der Waals surface area contributed by atoms with E-state index in [0.29, 0.717) is 0 Å². The van der Waals surface area contributed by atoms with Gasteiger partial charge in [0.05, 0.1) is 18.6 Å². The molecular formula is C9H13NOS. The van der Waals surface area contributed by atoms with Crippen molar-refractivity contribution in [2.45, 2.75) is 30.6 Å². The summed E-state index contributed by atoms with van der Waals surface area (Å²) >= 11 is 1.85. The molecule has 1 saturated carbocycles. The second-order valence-electron chi connectivity index (χ2n) is 3.44. The zero-order valence-electron chi connectivity index (χ0n) is 7.08. The molecule has 0 bridgehead atoms. The first kappa shape index (κ1) is 8.40. The first-order valence-corrected chi connectivity index (χ1v) is 5.53. The molecule has 3 heteroatoms. The van der Waals surface area contributed by atoms with Crippen LogP contribution in [0.4, 0.5) is 0 Å². The third kappa shape index (κ3) is 1.23. The second-order valence-corrected chi connectivity index (χ2v) is 4.82. The molecule has 1 aliphatic carbocycles. The van der Waals surface area contributed by atoms with E-state index in [1.54, 1.807) is 0 Å². The van der Waals surface area contributed by atoms with Crippen LogP contribution < -0.4 is 0 Å². The summed E-state index contributed by atoms with van der Waals surface area (Å²) in [6, 6.07) is 2.39. The maximum atomic E-state index is 8.97. The maximum absolute atomic E-state index is 8.97. The van der Waals surface area contributed by atoms with Crippen LogP contribution in [0.25, 0.3) is 0 Å². The smallest absolute Gasteiger partial charge is 0.129 e. The first-order valence-electron chi connectivity index (χ1n) is 4.55. The van der Waals surface area contributed by atoms with Gasteiger partial charge in [0.25, 0.3) is 0 Å². The molecule has 0 radical (unpaired) electrons. The van der Waals surface area contributed by atoms with Crippen molar-refractivity contribution in [2.75, 3.05) is 12.4 Å². The van der Waals surface area contributed by atoms with Gasteiger partial charge in [-0.15, -0.1) is 11.8 Å². The number of nitriles is 1. The molecule has 2 rings (SSSR count). The van der Waals surface area contributed by atoms with Crippen molar-refractivity contribution in [3.8, 4) is 6.07 Å². The Kier molecular flexibility index (Phi) is 2.29. The molecule has 0 aromatic rings. The summed E-state index contributed by atoms with van der Waals surface area (Å²) in [6.07, 6.45) is 4.54. The van der Waals surface area contributed by atoms with Crippen molar-refractivity contribution in [1.29, 1.82) is 5.26 Å². The fraction of sp³-hybridized carbons (Fsp3) is 0.889. The zero-order chi connectivity index (χ0) is 8.44. The molecule has 0 aromatic carbocycles. The van der Waals surface area contributed by atoms with E-state index in [0.717, 1.165) is 25.2 Å². The zero-order valence-corrected chi connectivity index (χ0v) is 7.90. The van der Waals surface area contributed by atoms with Crippen molar-refractivity contribution in [2.24, 2.45) is 5.92 Å². The lowest BCUT2D eigenvalue weighted by Gasteiger charge is -2.35. The average molecular weight is 183 g/mol. The van der Waals surface area contributed by atoms with Crippen molar-refractivity contribution in [3.63, 3.8) is 0 Å². The van der Waals surface area contributed by atoms with Crippen LogP contribution in [-0.4, -0.2) is 17.3 Å². The Morgan fingerprint density at radius 1 is 1.50 bits per heavy atom. The van der Waals surface area contributed by atoms with Crippen LogP contribution in [-0.2, 0) is 4.74 Å². The molecule has 2 fully saturated rings. The van der Waals surface area contributed by atoms with Gasteiger partial charge in [-0.3, -0.25) is 0 Å². The summed E-state index contributed by atoms with van der Waals surface area (Å²) in [5, 5.41) is 8.97. The monoisotopic (exact) mass is 183 g/mol. The average Bonchev–Trinajstić information content (AvgIpc) is 2.55. The van der Waals surface area contributed by atoms with Crippen LogP contribution in [0.5, 0.6) is 0 Å². The van der Waals surface area contributed by atoms with Crippen molar-refractivity contribution in [3.05, 3.63) is 0 Å². The van der Waals surface area contributed by atoms with Gasteiger partial charge in [-0.25, -0.2) is 0 Å². The van der Waals surface area contributed by atoms with E-state index in [9.17, 15) is 0 Å². The van der Waals surface area contributed by atoms with Gasteiger partial charge in [0.2, 0.25) is 0 Å². The van der Waals surface area contributed by atoms with Crippen LogP contribution in [0, 0.1) is 17.2 Å². The lowest BCUT2D eigenvalue weighted by Crippen LogP contribution is -2.36. The van der Waals surface area contributed by atoms with Crippen LogP contribution in [0.15, 0.2) is 0 Å². The van der Waals surface area contributed by atoms with E-state index in [4.69, 9.17) is 10.00 Å². The van der Waals surface area contributed by atoms with Gasteiger partial charge >= 0.3 is 0 Å². The Balaban J connectivity index is 2.14. The van der Waals surface area contributed by atoms with Gasteiger partial charge in [0, 0.05) is 5.75 Å². The highest BCUT2D eigenvalue weighted by Crippen LogP contribution is 2.47. The molecule has 2 nitrogen and oxygen atoms in total. The number of ether oxygens (including phenoxy) is 1. The van der Waals surface area contributed by atoms with Crippen molar-refractivity contribution < 1.29 is 4.74 Å². The van der Waals surface area contributed by atoms with E-state index < -0.39 is 0 Å². The molecule has 0 aromatic heterocycles. The van der Waals surface area contributed by atoms with E-state index in [1.165, 1.54) is 12.8 Å². The highest BCUT2D eigenvalue weighted by Gasteiger charge is 2.45. The lowest BCUT2D eigenvalue weighted by atomic mass is 9.87. The summed E-state index contributed by atoms with van der Waals surface area (Å²) in [5.74, 6) is 1.21. The highest BCUT2D eigenvalue weighted by atomic mass is 32.2. The fourth-order valence-corrected chi connectivity index (χ4v) is 3.43. The largest absolute Gasteiger partial charge is 0.362 e. The minimum Gasteiger partial charge on any atom is -0.362 e. The van der Waals surface area contributed by atoms with Gasteiger partial charge in [-0.05, 0) is 19.3 Å². The molecule has 2 atom stereocenters. The Bertz CT molecular complexity index is 205. The molecule has 1 spiro atoms. The van der Waals surface area contributed by atoms with Gasteiger partial charge in [0.1, 0.15) is 4.93 Å². The predicted octanol–water partition coefficient (Wildman–Crippen LogP) is 2.16. The van der Waals surface area contributed by atoms with E-state index in [1.807, 2.05) is 11.8 Å². The molecule has 0 amide bonds. The normalized spacial score (nSPS) is 41.4. The molecule has 12 heavy (non-hydrogen) atoms. The third-order valence-electron chi connectivity index (χ3n) is 2.73. The molecule has 0 N–H and O–H groups in total. The van der Waals surface area contributed by atoms with Gasteiger partial charge < -0.3 is 4.74 Å².